The zero-order chi connectivity index (χ0) is 63.9. The van der Waals surface area contributed by atoms with Gasteiger partial charge >= 0.3 is 0 Å². The van der Waals surface area contributed by atoms with E-state index in [-0.39, 0.29) is 0 Å². The summed E-state index contributed by atoms with van der Waals surface area (Å²) in [6, 6.07) is 113. The van der Waals surface area contributed by atoms with Gasteiger partial charge in [-0.15, -0.1) is 23.5 Å². The highest BCUT2D eigenvalue weighted by Crippen LogP contribution is 2.41. The molecule has 0 aliphatic rings. The minimum atomic E-state index is -0.624. The highest BCUT2D eigenvalue weighted by atomic mass is 33.1. The number of aliphatic hydroxyl groups excluding tert-OH is 2. The maximum atomic E-state index is 11.4. The van der Waals surface area contributed by atoms with Crippen molar-refractivity contribution >= 4 is 127 Å². The molecule has 0 aliphatic carbocycles. The van der Waals surface area contributed by atoms with Gasteiger partial charge < -0.3 is 20.0 Å². The van der Waals surface area contributed by atoms with Crippen LogP contribution in [0.15, 0.2) is 377 Å². The summed E-state index contributed by atoms with van der Waals surface area (Å²) in [7, 11) is 3.51. The Hall–Kier alpha value is -8.80. The largest absolute Gasteiger partial charge is 0.390 e. The highest BCUT2D eigenvalue weighted by Gasteiger charge is 2.17. The summed E-state index contributed by atoms with van der Waals surface area (Å²) in [5.41, 5.74) is 10.2. The number of aliphatic hydroxyl groups is 2. The molecule has 0 amide bonds. The summed E-state index contributed by atoms with van der Waals surface area (Å²) in [6.07, 6.45) is 2.47. The van der Waals surface area contributed by atoms with Crippen molar-refractivity contribution < 1.29 is 10.2 Å². The molecule has 2 unspecified atom stereocenters. The van der Waals surface area contributed by atoms with Gasteiger partial charge in [-0.25, -0.2) is 0 Å². The Bertz CT molecular complexity index is 3910. The molecule has 0 aromatic heterocycles. The Kier molecular flexibility index (Phi) is 23.5. The molecule has 94 heavy (non-hydrogen) atoms. The van der Waals surface area contributed by atoms with Gasteiger partial charge in [0.1, 0.15) is 0 Å². The van der Waals surface area contributed by atoms with Crippen molar-refractivity contribution in [3.8, 4) is 0 Å². The van der Waals surface area contributed by atoms with E-state index in [4.69, 9.17) is 10.2 Å². The molecule has 0 saturated carbocycles. The van der Waals surface area contributed by atoms with Crippen LogP contribution >= 0.6 is 68.6 Å². The molecule has 0 spiro atoms. The van der Waals surface area contributed by atoms with Gasteiger partial charge in [0.05, 0.1) is 49.1 Å². The van der Waals surface area contributed by atoms with Crippen molar-refractivity contribution in [1.29, 1.82) is 0 Å². The molecule has 2 N–H and O–H groups in total. The monoisotopic (exact) mass is 1340 g/mol. The molecule has 12 rings (SSSR count). The van der Waals surface area contributed by atoms with Crippen LogP contribution < -0.4 is 19.8 Å². The lowest BCUT2D eigenvalue weighted by atomic mass is 10.1. The summed E-state index contributed by atoms with van der Waals surface area (Å²) < 4.78 is 0. The van der Waals surface area contributed by atoms with Gasteiger partial charge in [0.15, 0.2) is 0 Å². The van der Waals surface area contributed by atoms with Gasteiger partial charge in [-0.2, -0.15) is 10.2 Å². The second kappa shape index (κ2) is 33.9. The second-order valence-electron chi connectivity index (χ2n) is 21.7. The molecule has 466 valence electrons. The third-order valence-electron chi connectivity index (χ3n) is 14.8. The Morgan fingerprint density at radius 3 is 0.777 bits per heavy atom. The smallest absolute Gasteiger partial charge is 0.0830 e. The maximum absolute atomic E-state index is 11.4. The van der Waals surface area contributed by atoms with E-state index < -0.39 is 12.2 Å². The van der Waals surface area contributed by atoms with E-state index in [1.807, 2.05) is 107 Å². The first kappa shape index (κ1) is 65.3. The first-order valence-corrected chi connectivity index (χ1v) is 36.6. The zero-order valence-electron chi connectivity index (χ0n) is 51.3. The van der Waals surface area contributed by atoms with Crippen LogP contribution in [0.25, 0.3) is 0 Å². The van der Waals surface area contributed by atoms with Crippen LogP contribution in [0.3, 0.4) is 0 Å². The van der Waals surface area contributed by atoms with E-state index in [0.717, 1.165) is 76.2 Å². The summed E-state index contributed by atoms with van der Waals surface area (Å²) in [4.78, 5) is 13.7. The summed E-state index contributed by atoms with van der Waals surface area (Å²) in [6.45, 7) is 0.693. The first-order chi connectivity index (χ1) is 46.4. The van der Waals surface area contributed by atoms with Crippen LogP contribution in [0.4, 0.5) is 45.5 Å². The van der Waals surface area contributed by atoms with Crippen molar-refractivity contribution in [1.82, 2.24) is 0 Å². The number of hydrogen-bond acceptors (Lipinski definition) is 14. The fraction of sp³-hybridized carbons (Fsp3) is 0.0750. The lowest BCUT2D eigenvalue weighted by molar-refractivity contribution is 0.204. The molecule has 12 aromatic rings. The molecule has 0 fully saturated rings. The number of rotatable bonds is 29. The fourth-order valence-electron chi connectivity index (χ4n) is 10.1. The number of nitrogens with zero attached hydrogens (tertiary/aromatic N) is 6. The number of anilines is 8. The van der Waals surface area contributed by atoms with Crippen molar-refractivity contribution in [2.24, 2.45) is 10.2 Å². The lowest BCUT2D eigenvalue weighted by Gasteiger charge is -2.25. The topological polar surface area (TPSA) is 78.1 Å². The van der Waals surface area contributed by atoms with Crippen LogP contribution in [0.2, 0.25) is 0 Å². The van der Waals surface area contributed by atoms with E-state index in [0.29, 0.717) is 24.6 Å². The zero-order valence-corrected chi connectivity index (χ0v) is 56.2. The molecule has 0 saturated heterocycles. The Morgan fingerprint density at radius 1 is 0.266 bits per heavy atom. The Balaban J connectivity index is 0.567. The van der Waals surface area contributed by atoms with Gasteiger partial charge in [-0.05, 0) is 205 Å². The average molecular weight is 1340 g/mol. The SMILES string of the molecule is OC(CSc1ccc(Sc2ccc(SSc3ccc(Sc4ccc(SCC(O)CN(/N=C/c5ccc(N(c6ccccc6)c6ccccc6)cc5)c5ccccc5)cc4)cc3)cc2)cc1)CN(/N=C/c1ccc(N(c2ccccc2)c2ccccc2)cc1)c1ccccc1. The quantitative estimate of drug-likeness (QED) is 0.0203. The van der Waals surface area contributed by atoms with Gasteiger partial charge in [0.2, 0.25) is 0 Å². The van der Waals surface area contributed by atoms with E-state index in [1.54, 1.807) is 68.6 Å². The van der Waals surface area contributed by atoms with Crippen molar-refractivity contribution in [2.75, 3.05) is 44.4 Å². The van der Waals surface area contributed by atoms with Crippen LogP contribution in [-0.4, -0.2) is 59.4 Å². The van der Waals surface area contributed by atoms with Crippen LogP contribution in [0.5, 0.6) is 0 Å². The summed E-state index contributed by atoms with van der Waals surface area (Å²) >= 11 is 6.77. The molecule has 8 nitrogen and oxygen atoms in total. The first-order valence-electron chi connectivity index (χ1n) is 30.8. The highest BCUT2D eigenvalue weighted by molar-refractivity contribution is 8.76. The Labute approximate surface area is 576 Å². The second-order valence-corrected chi connectivity index (χ2v) is 28.5. The van der Waals surface area contributed by atoms with E-state index in [1.165, 1.54) is 19.6 Å². The molecule has 14 heteroatoms. The third kappa shape index (κ3) is 19.0. The molecule has 0 bridgehead atoms. The Morgan fingerprint density at radius 2 is 0.500 bits per heavy atom. The maximum Gasteiger partial charge on any atom is 0.0830 e. The lowest BCUT2D eigenvalue weighted by Crippen LogP contribution is -2.30. The van der Waals surface area contributed by atoms with Gasteiger partial charge in [0.25, 0.3) is 0 Å². The number of benzene rings is 12. The predicted octanol–water partition coefficient (Wildman–Crippen LogP) is 21.7. The molecular formula is C80H68N6O2S6. The van der Waals surface area contributed by atoms with Crippen molar-refractivity contribution in [3.05, 3.63) is 339 Å². The number of thioether (sulfide) groups is 2. The predicted molar refractivity (Wildman–Crippen MR) is 404 cm³/mol. The average Bonchev–Trinajstić information content (AvgIpc) is 1.41. The van der Waals surface area contributed by atoms with E-state index in [9.17, 15) is 10.2 Å². The van der Waals surface area contributed by atoms with Crippen LogP contribution in [0, 0.1) is 0 Å². The van der Waals surface area contributed by atoms with E-state index in [2.05, 4.69) is 252 Å². The summed E-state index contributed by atoms with van der Waals surface area (Å²) in [5.74, 6) is 1.05. The molecular weight excluding hydrogens is 1270 g/mol. The normalized spacial score (nSPS) is 12.0. The van der Waals surface area contributed by atoms with Crippen molar-refractivity contribution in [3.63, 3.8) is 0 Å². The minimum absolute atomic E-state index is 0.346. The van der Waals surface area contributed by atoms with Gasteiger partial charge in [-0.1, -0.05) is 179 Å². The van der Waals surface area contributed by atoms with Crippen molar-refractivity contribution in [2.45, 2.75) is 51.4 Å². The number of para-hydroxylation sites is 6. The van der Waals surface area contributed by atoms with E-state index >= 15 is 0 Å². The fourth-order valence-corrected chi connectivity index (χ4v) is 15.3. The molecule has 12 aromatic carbocycles. The standard InChI is InChI=1S/C80H68N6O2S6/c87-71(57-83(63-19-7-1-8-20-63)81-55-61-31-35-69(36-32-61)85(65-23-11-3-12-24-65)66-25-13-4-14-26-66)59-89-73-39-43-75(44-40-73)91-77-47-51-79(52-48-77)93-94-80-53-49-78(50-54-80)92-76-45-41-74(42-46-76)90-60-72(88)58-84(64-21-9-2-10-22-64)82-56-62-33-37-70(38-34-62)86(67-27-15-5-16-28-67)68-29-17-6-18-30-68/h1-56,71-72,87-88H,57-60H2/b81-55+,82-56+. The number of hydrogen-bond donors (Lipinski definition) is 2. The molecule has 0 aliphatic heterocycles. The molecule has 0 heterocycles. The van der Waals surface area contributed by atoms with Crippen LogP contribution in [-0.2, 0) is 0 Å². The van der Waals surface area contributed by atoms with Crippen LogP contribution in [0.1, 0.15) is 11.1 Å². The minimum Gasteiger partial charge on any atom is -0.390 e. The molecule has 0 radical (unpaired) electrons. The van der Waals surface area contributed by atoms with Gasteiger partial charge in [-0.3, -0.25) is 10.0 Å². The van der Waals surface area contributed by atoms with Gasteiger partial charge in [0, 0.05) is 84.8 Å². The summed E-state index contributed by atoms with van der Waals surface area (Å²) in [5, 5.41) is 36.3. The third-order valence-corrected chi connectivity index (χ3v) is 21.6. The molecule has 2 atom stereocenters. The number of hydrazone groups is 2.